The molecule has 2 atom stereocenters. The molecular weight excluding hydrogens is 238 g/mol. The van der Waals surface area contributed by atoms with Crippen LogP contribution in [0.1, 0.15) is 36.7 Å². The average molecular weight is 257 g/mol. The molecule has 96 valence electrons. The molecule has 2 heterocycles. The standard InChI is InChI=1S/C11H19N3O2S/c1-8(12-3)11-6-13-14(9(11)2)10-4-5-17(15,16)7-10/h6,8,10,12H,4-5,7H2,1-3H3. The van der Waals surface area contributed by atoms with Gasteiger partial charge in [-0.05, 0) is 27.3 Å². The Balaban J connectivity index is 2.27. The van der Waals surface area contributed by atoms with Crippen molar-refractivity contribution in [2.75, 3.05) is 18.6 Å². The highest BCUT2D eigenvalue weighted by Crippen LogP contribution is 2.26. The lowest BCUT2D eigenvalue weighted by Gasteiger charge is -2.13. The molecule has 0 bridgehead atoms. The lowest BCUT2D eigenvalue weighted by Crippen LogP contribution is -2.16. The molecule has 1 N–H and O–H groups in total. The van der Waals surface area contributed by atoms with Gasteiger partial charge in [0.05, 0.1) is 23.7 Å². The van der Waals surface area contributed by atoms with Gasteiger partial charge in [-0.1, -0.05) is 0 Å². The van der Waals surface area contributed by atoms with Gasteiger partial charge in [-0.25, -0.2) is 8.42 Å². The van der Waals surface area contributed by atoms with Crippen molar-refractivity contribution in [2.45, 2.75) is 32.4 Å². The van der Waals surface area contributed by atoms with Crippen molar-refractivity contribution in [1.82, 2.24) is 15.1 Å². The Morgan fingerprint density at radius 1 is 1.59 bits per heavy atom. The molecule has 6 heteroatoms. The first kappa shape index (κ1) is 12.6. The van der Waals surface area contributed by atoms with Crippen molar-refractivity contribution in [3.8, 4) is 0 Å². The second-order valence-electron chi connectivity index (χ2n) is 4.70. The van der Waals surface area contributed by atoms with Crippen LogP contribution in [0.2, 0.25) is 0 Å². The Labute approximate surface area is 102 Å². The van der Waals surface area contributed by atoms with Crippen molar-refractivity contribution in [3.63, 3.8) is 0 Å². The van der Waals surface area contributed by atoms with E-state index in [0.717, 1.165) is 11.3 Å². The summed E-state index contributed by atoms with van der Waals surface area (Å²) in [6, 6.07) is 0.250. The van der Waals surface area contributed by atoms with E-state index in [0.29, 0.717) is 6.42 Å². The zero-order chi connectivity index (χ0) is 12.6. The first-order chi connectivity index (χ1) is 7.94. The van der Waals surface area contributed by atoms with Gasteiger partial charge in [0.1, 0.15) is 0 Å². The third-order valence-corrected chi connectivity index (χ3v) is 5.29. The molecule has 1 aliphatic heterocycles. The molecule has 2 unspecified atom stereocenters. The van der Waals surface area contributed by atoms with E-state index < -0.39 is 9.84 Å². The summed E-state index contributed by atoms with van der Waals surface area (Å²) in [4.78, 5) is 0. The van der Waals surface area contributed by atoms with E-state index in [1.165, 1.54) is 0 Å². The predicted molar refractivity (Wildman–Crippen MR) is 66.7 cm³/mol. The fourth-order valence-electron chi connectivity index (χ4n) is 2.35. The fourth-order valence-corrected chi connectivity index (χ4v) is 4.05. The van der Waals surface area contributed by atoms with Crippen LogP contribution in [-0.4, -0.2) is 36.8 Å². The zero-order valence-electron chi connectivity index (χ0n) is 10.5. The topological polar surface area (TPSA) is 64.0 Å². The Morgan fingerprint density at radius 3 is 2.82 bits per heavy atom. The molecule has 1 aliphatic rings. The average Bonchev–Trinajstić information content (AvgIpc) is 2.80. The van der Waals surface area contributed by atoms with Crippen LogP contribution in [0.25, 0.3) is 0 Å². The van der Waals surface area contributed by atoms with Gasteiger partial charge < -0.3 is 5.32 Å². The van der Waals surface area contributed by atoms with E-state index in [2.05, 4.69) is 17.3 Å². The van der Waals surface area contributed by atoms with Gasteiger partial charge >= 0.3 is 0 Å². The summed E-state index contributed by atoms with van der Waals surface area (Å²) in [5, 5.41) is 7.52. The molecule has 1 aromatic rings. The van der Waals surface area contributed by atoms with Gasteiger partial charge in [0.15, 0.2) is 9.84 Å². The maximum absolute atomic E-state index is 11.5. The summed E-state index contributed by atoms with van der Waals surface area (Å²) >= 11 is 0. The summed E-state index contributed by atoms with van der Waals surface area (Å²) in [5.74, 6) is 0.511. The molecule has 0 radical (unpaired) electrons. The molecule has 5 nitrogen and oxygen atoms in total. The Bertz CT molecular complexity index is 507. The van der Waals surface area contributed by atoms with Crippen molar-refractivity contribution in [3.05, 3.63) is 17.5 Å². The number of hydrogen-bond acceptors (Lipinski definition) is 4. The number of nitrogens with zero attached hydrogens (tertiary/aromatic N) is 2. The van der Waals surface area contributed by atoms with E-state index in [9.17, 15) is 8.42 Å². The molecule has 0 aromatic carbocycles. The van der Waals surface area contributed by atoms with Gasteiger partial charge in [-0.2, -0.15) is 5.10 Å². The minimum atomic E-state index is -2.85. The zero-order valence-corrected chi connectivity index (χ0v) is 11.3. The van der Waals surface area contributed by atoms with E-state index in [1.54, 1.807) is 0 Å². The smallest absolute Gasteiger partial charge is 0.152 e. The first-order valence-corrected chi connectivity index (χ1v) is 7.68. The summed E-state index contributed by atoms with van der Waals surface area (Å²) in [5.41, 5.74) is 2.20. The third kappa shape index (κ3) is 2.37. The molecule has 17 heavy (non-hydrogen) atoms. The third-order valence-electron chi connectivity index (χ3n) is 3.54. The Morgan fingerprint density at radius 2 is 2.29 bits per heavy atom. The molecule has 0 amide bonds. The highest BCUT2D eigenvalue weighted by atomic mass is 32.2. The summed E-state index contributed by atoms with van der Waals surface area (Å²) in [6.07, 6.45) is 2.51. The monoisotopic (exact) mass is 257 g/mol. The number of rotatable bonds is 3. The molecule has 0 spiro atoms. The Hall–Kier alpha value is -0.880. The molecule has 1 saturated heterocycles. The molecule has 0 aliphatic carbocycles. The van der Waals surface area contributed by atoms with Crippen LogP contribution in [0, 0.1) is 6.92 Å². The quantitative estimate of drug-likeness (QED) is 0.871. The molecule has 1 aromatic heterocycles. The molecule has 0 saturated carbocycles. The van der Waals surface area contributed by atoms with Crippen LogP contribution < -0.4 is 5.32 Å². The largest absolute Gasteiger partial charge is 0.313 e. The van der Waals surface area contributed by atoms with Crippen LogP contribution in [0.15, 0.2) is 6.20 Å². The van der Waals surface area contributed by atoms with Gasteiger partial charge in [0.2, 0.25) is 0 Å². The van der Waals surface area contributed by atoms with Crippen LogP contribution in [-0.2, 0) is 9.84 Å². The van der Waals surface area contributed by atoms with Crippen LogP contribution in [0.5, 0.6) is 0 Å². The number of sulfone groups is 1. The van der Waals surface area contributed by atoms with Crippen molar-refractivity contribution in [1.29, 1.82) is 0 Å². The van der Waals surface area contributed by atoms with Crippen LogP contribution in [0.4, 0.5) is 0 Å². The van der Waals surface area contributed by atoms with E-state index in [-0.39, 0.29) is 23.6 Å². The maximum Gasteiger partial charge on any atom is 0.152 e. The highest BCUT2D eigenvalue weighted by molar-refractivity contribution is 7.91. The lowest BCUT2D eigenvalue weighted by atomic mass is 10.1. The van der Waals surface area contributed by atoms with Crippen molar-refractivity contribution < 1.29 is 8.42 Å². The van der Waals surface area contributed by atoms with Gasteiger partial charge in [-0.15, -0.1) is 0 Å². The second kappa shape index (κ2) is 4.42. The predicted octanol–water partition coefficient (Wildman–Crippen LogP) is 0.832. The molecular formula is C11H19N3O2S. The van der Waals surface area contributed by atoms with E-state index in [4.69, 9.17) is 0 Å². The normalized spacial score (nSPS) is 25.0. The summed E-state index contributed by atoms with van der Waals surface area (Å²) in [7, 11) is -0.949. The number of hydrogen-bond donors (Lipinski definition) is 1. The van der Waals surface area contributed by atoms with Gasteiger partial charge in [0.25, 0.3) is 0 Å². The highest BCUT2D eigenvalue weighted by Gasteiger charge is 2.31. The SMILES string of the molecule is CNC(C)c1cnn(C2CCS(=O)(=O)C2)c1C. The number of nitrogens with one attached hydrogen (secondary N) is 1. The Kier molecular flexibility index (Phi) is 3.27. The van der Waals surface area contributed by atoms with Crippen molar-refractivity contribution in [2.24, 2.45) is 0 Å². The van der Waals surface area contributed by atoms with E-state index in [1.807, 2.05) is 24.9 Å². The van der Waals surface area contributed by atoms with E-state index >= 15 is 0 Å². The maximum atomic E-state index is 11.5. The second-order valence-corrected chi connectivity index (χ2v) is 6.93. The van der Waals surface area contributed by atoms with Gasteiger partial charge in [0, 0.05) is 17.3 Å². The van der Waals surface area contributed by atoms with Crippen molar-refractivity contribution >= 4 is 9.84 Å². The molecule has 1 fully saturated rings. The minimum absolute atomic E-state index is 0.0119. The first-order valence-electron chi connectivity index (χ1n) is 5.86. The fraction of sp³-hybridized carbons (Fsp3) is 0.727. The molecule has 2 rings (SSSR count). The van der Waals surface area contributed by atoms with Crippen LogP contribution >= 0.6 is 0 Å². The van der Waals surface area contributed by atoms with Gasteiger partial charge in [-0.3, -0.25) is 4.68 Å². The van der Waals surface area contributed by atoms with Crippen LogP contribution in [0.3, 0.4) is 0 Å². The summed E-state index contributed by atoms with van der Waals surface area (Å²) < 4.78 is 24.8. The number of aromatic nitrogens is 2. The lowest BCUT2D eigenvalue weighted by molar-refractivity contribution is 0.486. The minimum Gasteiger partial charge on any atom is -0.313 e. The summed E-state index contributed by atoms with van der Waals surface area (Å²) in [6.45, 7) is 4.07.